The third kappa shape index (κ3) is 2.25. The first kappa shape index (κ1) is 14.6. The van der Waals surface area contributed by atoms with Gasteiger partial charge in [-0.1, -0.05) is 0 Å². The van der Waals surface area contributed by atoms with Crippen LogP contribution < -0.4 is 0 Å². The molecule has 1 aromatic heterocycles. The Kier molecular flexibility index (Phi) is 3.85. The van der Waals surface area contributed by atoms with E-state index in [4.69, 9.17) is 5.11 Å². The van der Waals surface area contributed by atoms with Gasteiger partial charge in [-0.15, -0.1) is 0 Å². The van der Waals surface area contributed by atoms with Gasteiger partial charge < -0.3 is 19.3 Å². The number of carbonyl (C=O) groups is 2. The lowest BCUT2D eigenvalue weighted by Gasteiger charge is -2.24. The zero-order chi connectivity index (χ0) is 15.7. The highest BCUT2D eigenvalue weighted by Gasteiger charge is 2.23. The number of hydrogen-bond donors (Lipinski definition) is 1. The number of aryl methyl sites for hydroxylation is 1. The van der Waals surface area contributed by atoms with Gasteiger partial charge in [0.25, 0.3) is 0 Å². The summed E-state index contributed by atoms with van der Waals surface area (Å²) in [6, 6.07) is 5.39. The van der Waals surface area contributed by atoms with Crippen LogP contribution in [0.3, 0.4) is 0 Å². The Labute approximate surface area is 127 Å². The molecule has 0 atom stereocenters. The van der Waals surface area contributed by atoms with Crippen LogP contribution in [0.4, 0.5) is 0 Å². The van der Waals surface area contributed by atoms with Crippen molar-refractivity contribution in [2.24, 2.45) is 0 Å². The second kappa shape index (κ2) is 5.81. The Balaban J connectivity index is 2.15. The van der Waals surface area contributed by atoms with Crippen molar-refractivity contribution < 1.29 is 19.4 Å². The third-order valence-corrected chi connectivity index (χ3v) is 4.18. The summed E-state index contributed by atoms with van der Waals surface area (Å²) in [5.41, 5.74) is 3.78. The monoisotopic (exact) mass is 302 g/mol. The van der Waals surface area contributed by atoms with Gasteiger partial charge in [-0.2, -0.15) is 0 Å². The molecular weight excluding hydrogens is 284 g/mol. The smallest absolute Gasteiger partial charge is 0.340 e. The number of amides is 1. The summed E-state index contributed by atoms with van der Waals surface area (Å²) < 4.78 is 6.87. The van der Waals surface area contributed by atoms with Gasteiger partial charge in [0.2, 0.25) is 6.41 Å². The summed E-state index contributed by atoms with van der Waals surface area (Å²) in [6.45, 7) is 3.56. The summed E-state index contributed by atoms with van der Waals surface area (Å²) in [5.74, 6) is -0.551. The average Bonchev–Trinajstić information content (AvgIpc) is 2.87. The molecule has 6 nitrogen and oxygen atoms in total. The Hall–Kier alpha value is -2.34. The van der Waals surface area contributed by atoms with Crippen LogP contribution in [0.15, 0.2) is 18.2 Å². The lowest BCUT2D eigenvalue weighted by atomic mass is 10.0. The minimum atomic E-state index is -0.635. The molecule has 1 amide bonds. The molecule has 2 aromatic rings. The number of esters is 1. The highest BCUT2D eigenvalue weighted by molar-refractivity contribution is 5.96. The molecule has 0 aliphatic carbocycles. The van der Waals surface area contributed by atoms with Gasteiger partial charge >= 0.3 is 5.97 Å². The normalized spacial score (nSPS) is 14.0. The van der Waals surface area contributed by atoms with Crippen molar-refractivity contribution in [1.82, 2.24) is 9.47 Å². The van der Waals surface area contributed by atoms with Crippen LogP contribution in [0, 0.1) is 0 Å². The van der Waals surface area contributed by atoms with Crippen LogP contribution >= 0.6 is 0 Å². The van der Waals surface area contributed by atoms with E-state index in [9.17, 15) is 9.59 Å². The largest absolute Gasteiger partial charge is 0.435 e. The molecule has 1 aromatic carbocycles. The minimum absolute atomic E-state index is 0.404. The van der Waals surface area contributed by atoms with Crippen LogP contribution in [-0.2, 0) is 29.0 Å². The van der Waals surface area contributed by atoms with Gasteiger partial charge in [-0.3, -0.25) is 4.79 Å². The summed E-state index contributed by atoms with van der Waals surface area (Å²) in [4.78, 5) is 24.6. The molecule has 1 aliphatic heterocycles. The van der Waals surface area contributed by atoms with E-state index >= 15 is 0 Å². The number of nitrogens with zero attached hydrogens (tertiary/aromatic N) is 2. The van der Waals surface area contributed by atoms with Crippen LogP contribution in [0.1, 0.15) is 28.5 Å². The molecule has 1 aliphatic rings. The number of ether oxygens (including phenoxy) is 1. The number of aliphatic hydroxyl groups excluding tert-OH is 1. The third-order valence-electron chi connectivity index (χ3n) is 4.18. The molecule has 1 N–H and O–H groups in total. The average molecular weight is 302 g/mol. The van der Waals surface area contributed by atoms with Crippen molar-refractivity contribution in [3.63, 3.8) is 0 Å². The van der Waals surface area contributed by atoms with Crippen molar-refractivity contribution >= 4 is 23.3 Å². The van der Waals surface area contributed by atoms with Crippen LogP contribution in [-0.4, -0.2) is 40.3 Å². The molecule has 116 valence electrons. The van der Waals surface area contributed by atoms with Crippen LogP contribution in [0.5, 0.6) is 0 Å². The van der Waals surface area contributed by atoms with Gasteiger partial charge in [-0.25, -0.2) is 4.79 Å². The van der Waals surface area contributed by atoms with E-state index in [1.54, 1.807) is 17.0 Å². The molecule has 3 rings (SSSR count). The van der Waals surface area contributed by atoms with Crippen molar-refractivity contribution in [3.8, 4) is 0 Å². The standard InChI is InChI=1S/C16H18N2O4/c1-2-18-14-4-3-11(16(21)22-10-20)7-12(14)13-8-17(9-19)6-5-15(13)18/h3-4,7,9,20H,2,5-6,8,10H2,1H3. The quantitative estimate of drug-likeness (QED) is 0.525. The van der Waals surface area contributed by atoms with Gasteiger partial charge in [0.15, 0.2) is 6.79 Å². The van der Waals surface area contributed by atoms with Crippen molar-refractivity contribution in [3.05, 3.63) is 35.0 Å². The minimum Gasteiger partial charge on any atom is -0.435 e. The first-order valence-corrected chi connectivity index (χ1v) is 7.31. The summed E-state index contributed by atoms with van der Waals surface area (Å²) in [6.07, 6.45) is 1.68. The predicted molar refractivity (Wildman–Crippen MR) is 80.3 cm³/mol. The fourth-order valence-electron chi connectivity index (χ4n) is 3.19. The molecule has 0 bridgehead atoms. The Morgan fingerprint density at radius 3 is 2.95 bits per heavy atom. The first-order valence-electron chi connectivity index (χ1n) is 7.31. The number of hydrogen-bond acceptors (Lipinski definition) is 4. The maximum absolute atomic E-state index is 11.8. The zero-order valence-corrected chi connectivity index (χ0v) is 12.4. The molecule has 0 saturated carbocycles. The lowest BCUT2D eigenvalue weighted by Crippen LogP contribution is -2.29. The maximum Gasteiger partial charge on any atom is 0.340 e. The second-order valence-corrected chi connectivity index (χ2v) is 5.29. The fraction of sp³-hybridized carbons (Fsp3) is 0.375. The van der Waals surface area contributed by atoms with E-state index < -0.39 is 12.8 Å². The van der Waals surface area contributed by atoms with Crippen molar-refractivity contribution in [1.29, 1.82) is 0 Å². The molecule has 22 heavy (non-hydrogen) atoms. The molecule has 6 heteroatoms. The number of benzene rings is 1. The van der Waals surface area contributed by atoms with Crippen molar-refractivity contribution in [2.75, 3.05) is 13.3 Å². The van der Waals surface area contributed by atoms with E-state index in [1.807, 2.05) is 6.07 Å². The van der Waals surface area contributed by atoms with Crippen molar-refractivity contribution in [2.45, 2.75) is 26.4 Å². The Bertz CT molecular complexity index is 735. The number of carbonyl (C=O) groups excluding carboxylic acids is 2. The van der Waals surface area contributed by atoms with Gasteiger partial charge in [0, 0.05) is 48.2 Å². The first-order chi connectivity index (χ1) is 10.7. The van der Waals surface area contributed by atoms with E-state index in [-0.39, 0.29) is 0 Å². The highest BCUT2D eigenvalue weighted by atomic mass is 16.6. The predicted octanol–water partition coefficient (Wildman–Crippen LogP) is 1.28. The summed E-state index contributed by atoms with van der Waals surface area (Å²) in [5, 5.41) is 9.69. The second-order valence-electron chi connectivity index (χ2n) is 5.29. The topological polar surface area (TPSA) is 71.8 Å². The summed E-state index contributed by atoms with van der Waals surface area (Å²) >= 11 is 0. The van der Waals surface area contributed by atoms with E-state index in [2.05, 4.69) is 16.2 Å². The SMILES string of the molecule is CCn1c2c(c3cc(C(=O)OCO)ccc31)CN(C=O)CC2. The van der Waals surface area contributed by atoms with Gasteiger partial charge in [0.1, 0.15) is 0 Å². The zero-order valence-electron chi connectivity index (χ0n) is 12.4. The lowest BCUT2D eigenvalue weighted by molar-refractivity contribution is -0.118. The number of rotatable bonds is 4. The molecule has 2 heterocycles. The highest BCUT2D eigenvalue weighted by Crippen LogP contribution is 2.31. The molecule has 0 fully saturated rings. The molecular formula is C16H18N2O4. The number of aliphatic hydroxyl groups is 1. The summed E-state index contributed by atoms with van der Waals surface area (Å²) in [7, 11) is 0. The van der Waals surface area contributed by atoms with Crippen LogP contribution in [0.25, 0.3) is 10.9 Å². The maximum atomic E-state index is 11.8. The molecule has 0 spiro atoms. The molecule has 0 saturated heterocycles. The Morgan fingerprint density at radius 1 is 1.45 bits per heavy atom. The number of fused-ring (bicyclic) bond motifs is 3. The fourth-order valence-corrected chi connectivity index (χ4v) is 3.19. The molecule has 0 unspecified atom stereocenters. The molecule has 0 radical (unpaired) electrons. The van der Waals surface area contributed by atoms with Gasteiger partial charge in [-0.05, 0) is 25.1 Å². The number of aromatic nitrogens is 1. The van der Waals surface area contributed by atoms with E-state index in [0.29, 0.717) is 18.7 Å². The van der Waals surface area contributed by atoms with E-state index in [1.165, 1.54) is 5.69 Å². The Morgan fingerprint density at radius 2 is 2.27 bits per heavy atom. The van der Waals surface area contributed by atoms with Crippen LogP contribution in [0.2, 0.25) is 0 Å². The van der Waals surface area contributed by atoms with Gasteiger partial charge in [0.05, 0.1) is 5.56 Å². The van der Waals surface area contributed by atoms with E-state index in [0.717, 1.165) is 35.8 Å².